The van der Waals surface area contributed by atoms with Crippen molar-refractivity contribution < 1.29 is 9.47 Å². The van der Waals surface area contributed by atoms with Gasteiger partial charge in [-0.3, -0.25) is 0 Å². The highest BCUT2D eigenvalue weighted by molar-refractivity contribution is 5.43. The summed E-state index contributed by atoms with van der Waals surface area (Å²) in [5, 5.41) is 3.49. The summed E-state index contributed by atoms with van der Waals surface area (Å²) in [6, 6.07) is 16.3. The lowest BCUT2D eigenvalue weighted by molar-refractivity contribution is 0.284. The van der Waals surface area contributed by atoms with E-state index in [9.17, 15) is 0 Å². The first-order valence-electron chi connectivity index (χ1n) is 9.03. The lowest BCUT2D eigenvalue weighted by atomic mass is 10.2. The molecule has 0 aliphatic carbocycles. The van der Waals surface area contributed by atoms with Crippen LogP contribution in [0, 0.1) is 0 Å². The van der Waals surface area contributed by atoms with Gasteiger partial charge in [0.05, 0.1) is 7.11 Å². The van der Waals surface area contributed by atoms with Crippen LogP contribution in [-0.4, -0.2) is 38.2 Å². The first-order valence-corrected chi connectivity index (χ1v) is 9.03. The summed E-state index contributed by atoms with van der Waals surface area (Å²) >= 11 is 0. The molecule has 0 spiro atoms. The molecule has 0 unspecified atom stereocenters. The van der Waals surface area contributed by atoms with Gasteiger partial charge in [-0.25, -0.2) is 0 Å². The van der Waals surface area contributed by atoms with Crippen molar-refractivity contribution in [2.75, 3.05) is 33.3 Å². The normalized spacial score (nSPS) is 10.9. The summed E-state index contributed by atoms with van der Waals surface area (Å²) in [6.07, 6.45) is 0. The number of likely N-dealkylation sites (N-methyl/N-ethyl adjacent to an activating group) is 1. The molecule has 2 rings (SSSR count). The molecule has 0 fully saturated rings. The minimum Gasteiger partial charge on any atom is -0.493 e. The molecule has 2 aromatic rings. The van der Waals surface area contributed by atoms with Crippen LogP contribution in [0.3, 0.4) is 0 Å². The highest BCUT2D eigenvalue weighted by atomic mass is 16.5. The van der Waals surface area contributed by atoms with Crippen molar-refractivity contribution in [1.82, 2.24) is 10.2 Å². The van der Waals surface area contributed by atoms with Crippen molar-refractivity contribution >= 4 is 0 Å². The molecule has 0 atom stereocenters. The third-order valence-corrected chi connectivity index (χ3v) is 4.29. The van der Waals surface area contributed by atoms with Gasteiger partial charge in [0.15, 0.2) is 11.5 Å². The zero-order valence-corrected chi connectivity index (χ0v) is 15.6. The van der Waals surface area contributed by atoms with Crippen LogP contribution in [0.1, 0.15) is 25.0 Å². The van der Waals surface area contributed by atoms with Gasteiger partial charge in [-0.15, -0.1) is 0 Å². The predicted molar refractivity (Wildman–Crippen MR) is 103 cm³/mol. The third kappa shape index (κ3) is 6.40. The van der Waals surface area contributed by atoms with E-state index >= 15 is 0 Å². The number of methoxy groups -OCH3 is 1. The largest absolute Gasteiger partial charge is 0.493 e. The van der Waals surface area contributed by atoms with Crippen LogP contribution >= 0.6 is 0 Å². The van der Waals surface area contributed by atoms with Gasteiger partial charge in [0.2, 0.25) is 0 Å². The molecular formula is C21H30N2O2. The molecule has 0 aliphatic heterocycles. The van der Waals surface area contributed by atoms with E-state index in [0.717, 1.165) is 49.8 Å². The number of benzene rings is 2. The molecule has 0 amide bonds. The standard InChI is InChI=1S/C21H30N2O2/c1-4-23(5-2)14-13-22-16-19-11-12-20(21(15-19)24-3)25-17-18-9-7-6-8-10-18/h6-12,15,22H,4-5,13-14,16-17H2,1-3H3. The molecule has 0 heterocycles. The van der Waals surface area contributed by atoms with Gasteiger partial charge < -0.3 is 19.7 Å². The van der Waals surface area contributed by atoms with Gasteiger partial charge in [-0.2, -0.15) is 0 Å². The average molecular weight is 342 g/mol. The zero-order chi connectivity index (χ0) is 17.9. The quantitative estimate of drug-likeness (QED) is 0.631. The molecule has 136 valence electrons. The monoisotopic (exact) mass is 342 g/mol. The first-order chi connectivity index (χ1) is 12.3. The summed E-state index contributed by atoms with van der Waals surface area (Å²) < 4.78 is 11.4. The van der Waals surface area contributed by atoms with E-state index in [1.165, 1.54) is 5.56 Å². The molecule has 4 heteroatoms. The molecule has 0 saturated carbocycles. The highest BCUT2D eigenvalue weighted by Crippen LogP contribution is 2.28. The molecule has 4 nitrogen and oxygen atoms in total. The fraction of sp³-hybridized carbons (Fsp3) is 0.429. The molecule has 0 aromatic heterocycles. The van der Waals surface area contributed by atoms with Crippen LogP contribution in [0.2, 0.25) is 0 Å². The maximum atomic E-state index is 5.90. The van der Waals surface area contributed by atoms with E-state index in [1.807, 2.05) is 30.3 Å². The van der Waals surface area contributed by atoms with Crippen molar-refractivity contribution in [3.8, 4) is 11.5 Å². The third-order valence-electron chi connectivity index (χ3n) is 4.29. The van der Waals surface area contributed by atoms with Gasteiger partial charge >= 0.3 is 0 Å². The molecular weight excluding hydrogens is 312 g/mol. The summed E-state index contributed by atoms with van der Waals surface area (Å²) in [6.45, 7) is 10.0. The van der Waals surface area contributed by atoms with Gasteiger partial charge in [0.1, 0.15) is 6.61 Å². The van der Waals surface area contributed by atoms with Crippen molar-refractivity contribution in [1.29, 1.82) is 0 Å². The molecule has 0 saturated heterocycles. The fourth-order valence-corrected chi connectivity index (χ4v) is 2.69. The molecule has 2 aromatic carbocycles. The van der Waals surface area contributed by atoms with Crippen LogP contribution in [0.4, 0.5) is 0 Å². The van der Waals surface area contributed by atoms with Crippen molar-refractivity contribution in [3.63, 3.8) is 0 Å². The van der Waals surface area contributed by atoms with E-state index in [0.29, 0.717) is 6.61 Å². The van der Waals surface area contributed by atoms with E-state index in [1.54, 1.807) is 7.11 Å². The number of nitrogens with one attached hydrogen (secondary N) is 1. The first kappa shape index (κ1) is 19.3. The Bertz CT molecular complexity index is 613. The lowest BCUT2D eigenvalue weighted by Gasteiger charge is -2.18. The zero-order valence-electron chi connectivity index (χ0n) is 15.6. The van der Waals surface area contributed by atoms with Crippen LogP contribution in [0.15, 0.2) is 48.5 Å². The van der Waals surface area contributed by atoms with Gasteiger partial charge in [-0.05, 0) is 36.3 Å². The van der Waals surface area contributed by atoms with Gasteiger partial charge in [0, 0.05) is 19.6 Å². The Balaban J connectivity index is 1.85. The SMILES string of the molecule is CCN(CC)CCNCc1ccc(OCc2ccccc2)c(OC)c1. The van der Waals surface area contributed by atoms with Crippen LogP contribution in [0.5, 0.6) is 11.5 Å². The van der Waals surface area contributed by atoms with E-state index in [4.69, 9.17) is 9.47 Å². The maximum absolute atomic E-state index is 5.90. The maximum Gasteiger partial charge on any atom is 0.161 e. The molecule has 1 N–H and O–H groups in total. The van der Waals surface area contributed by atoms with E-state index in [2.05, 4.69) is 42.3 Å². The Kier molecular flexibility index (Phi) is 8.29. The second-order valence-electron chi connectivity index (χ2n) is 5.96. The molecule has 25 heavy (non-hydrogen) atoms. The smallest absolute Gasteiger partial charge is 0.161 e. The van der Waals surface area contributed by atoms with Crippen LogP contribution < -0.4 is 14.8 Å². The topological polar surface area (TPSA) is 33.7 Å². The van der Waals surface area contributed by atoms with Gasteiger partial charge in [0.25, 0.3) is 0 Å². The Morgan fingerprint density at radius 2 is 1.68 bits per heavy atom. The van der Waals surface area contributed by atoms with Crippen LogP contribution in [0.25, 0.3) is 0 Å². The number of ether oxygens (including phenoxy) is 2. The predicted octanol–water partition coefficient (Wildman–Crippen LogP) is 3.71. The highest BCUT2D eigenvalue weighted by Gasteiger charge is 2.06. The Morgan fingerprint density at radius 3 is 2.36 bits per heavy atom. The molecule has 0 bridgehead atoms. The van der Waals surface area contributed by atoms with Crippen molar-refractivity contribution in [2.24, 2.45) is 0 Å². The molecule has 0 aliphatic rings. The average Bonchev–Trinajstić information content (AvgIpc) is 2.67. The summed E-state index contributed by atoms with van der Waals surface area (Å²) in [5.74, 6) is 1.55. The second-order valence-corrected chi connectivity index (χ2v) is 5.96. The Labute approximate surface area is 151 Å². The molecule has 0 radical (unpaired) electrons. The van der Waals surface area contributed by atoms with E-state index in [-0.39, 0.29) is 0 Å². The number of hydrogen-bond acceptors (Lipinski definition) is 4. The number of nitrogens with zero attached hydrogens (tertiary/aromatic N) is 1. The van der Waals surface area contributed by atoms with Gasteiger partial charge in [-0.1, -0.05) is 50.2 Å². The van der Waals surface area contributed by atoms with E-state index < -0.39 is 0 Å². The minimum atomic E-state index is 0.540. The number of rotatable bonds is 11. The minimum absolute atomic E-state index is 0.540. The summed E-state index contributed by atoms with van der Waals surface area (Å²) in [5.41, 5.74) is 2.34. The Morgan fingerprint density at radius 1 is 0.920 bits per heavy atom. The van der Waals surface area contributed by atoms with Crippen molar-refractivity contribution in [2.45, 2.75) is 27.0 Å². The summed E-state index contributed by atoms with van der Waals surface area (Å²) in [7, 11) is 1.68. The Hall–Kier alpha value is -2.04. The summed E-state index contributed by atoms with van der Waals surface area (Å²) in [4.78, 5) is 2.41. The van der Waals surface area contributed by atoms with Crippen LogP contribution in [-0.2, 0) is 13.2 Å². The number of hydrogen-bond donors (Lipinski definition) is 1. The lowest BCUT2D eigenvalue weighted by Crippen LogP contribution is -2.31. The van der Waals surface area contributed by atoms with Crippen molar-refractivity contribution in [3.05, 3.63) is 59.7 Å². The fourth-order valence-electron chi connectivity index (χ4n) is 2.69. The second kappa shape index (κ2) is 10.7.